The van der Waals surface area contributed by atoms with Crippen LogP contribution in [0.5, 0.6) is 0 Å². The van der Waals surface area contributed by atoms with Gasteiger partial charge in [-0.25, -0.2) is 9.97 Å². The van der Waals surface area contributed by atoms with E-state index in [-0.39, 0.29) is 0 Å². The van der Waals surface area contributed by atoms with Gasteiger partial charge in [0.15, 0.2) is 0 Å². The largest absolute Gasteiger partial charge is 0.369 e. The number of anilines is 1. The van der Waals surface area contributed by atoms with Crippen LogP contribution in [-0.2, 0) is 0 Å². The lowest BCUT2D eigenvalue weighted by molar-refractivity contribution is 0.231. The van der Waals surface area contributed by atoms with Gasteiger partial charge in [0.25, 0.3) is 0 Å². The van der Waals surface area contributed by atoms with E-state index in [0.29, 0.717) is 0 Å². The van der Waals surface area contributed by atoms with Crippen LogP contribution < -0.4 is 4.90 Å². The summed E-state index contributed by atoms with van der Waals surface area (Å²) in [5, 5.41) is 1.12. The normalized spacial score (nSPS) is 17.1. The first-order valence-electron chi connectivity index (χ1n) is 7.39. The lowest BCUT2D eigenvalue weighted by atomic mass is 10.1. The molecule has 20 heavy (non-hydrogen) atoms. The number of aromatic nitrogens is 2. The predicted octanol–water partition coefficient (Wildman–Crippen LogP) is 2.41. The molecule has 2 aromatic rings. The maximum absolute atomic E-state index is 4.27. The Labute approximate surface area is 120 Å². The second-order valence-corrected chi connectivity index (χ2v) is 5.95. The van der Waals surface area contributed by atoms with Gasteiger partial charge in [0.05, 0.1) is 5.52 Å². The smallest absolute Gasteiger partial charge is 0.116 e. The maximum Gasteiger partial charge on any atom is 0.116 e. The van der Waals surface area contributed by atoms with E-state index in [2.05, 4.69) is 51.8 Å². The Morgan fingerprint density at radius 2 is 1.95 bits per heavy atom. The molecule has 0 aliphatic carbocycles. The average Bonchev–Trinajstić information content (AvgIpc) is 2.47. The Morgan fingerprint density at radius 3 is 2.70 bits per heavy atom. The van der Waals surface area contributed by atoms with E-state index in [1.165, 1.54) is 12.2 Å². The third kappa shape index (κ3) is 2.90. The van der Waals surface area contributed by atoms with Crippen molar-refractivity contribution in [3.8, 4) is 0 Å². The quantitative estimate of drug-likeness (QED) is 0.857. The molecule has 1 saturated heterocycles. The Bertz CT molecular complexity index is 573. The summed E-state index contributed by atoms with van der Waals surface area (Å²) in [6.45, 7) is 10.3. The SMILES string of the molecule is CC(C)CN1CCN(c2ccc3ncncc3c2)CC1. The summed E-state index contributed by atoms with van der Waals surface area (Å²) in [5.74, 6) is 0.749. The molecular formula is C16H22N4. The molecule has 0 atom stereocenters. The molecule has 0 radical (unpaired) electrons. The third-order valence-corrected chi connectivity index (χ3v) is 3.85. The van der Waals surface area contributed by atoms with Crippen LogP contribution >= 0.6 is 0 Å². The fourth-order valence-electron chi connectivity index (χ4n) is 2.87. The van der Waals surface area contributed by atoms with Crippen LogP contribution in [0.25, 0.3) is 10.9 Å². The Hall–Kier alpha value is -1.68. The van der Waals surface area contributed by atoms with Crippen molar-refractivity contribution in [2.24, 2.45) is 5.92 Å². The highest BCUT2D eigenvalue weighted by atomic mass is 15.3. The minimum Gasteiger partial charge on any atom is -0.369 e. The number of piperazine rings is 1. The van der Waals surface area contributed by atoms with Crippen LogP contribution in [0.3, 0.4) is 0 Å². The van der Waals surface area contributed by atoms with E-state index >= 15 is 0 Å². The topological polar surface area (TPSA) is 32.3 Å². The molecule has 0 amide bonds. The minimum atomic E-state index is 0.749. The maximum atomic E-state index is 4.27. The number of benzene rings is 1. The van der Waals surface area contributed by atoms with Crippen molar-refractivity contribution >= 4 is 16.6 Å². The summed E-state index contributed by atoms with van der Waals surface area (Å²) in [5.41, 5.74) is 2.30. The van der Waals surface area contributed by atoms with E-state index in [4.69, 9.17) is 0 Å². The number of fused-ring (bicyclic) bond motifs is 1. The number of nitrogens with zero attached hydrogens (tertiary/aromatic N) is 4. The van der Waals surface area contributed by atoms with Gasteiger partial charge in [-0.1, -0.05) is 13.8 Å². The molecule has 3 rings (SSSR count). The van der Waals surface area contributed by atoms with E-state index < -0.39 is 0 Å². The van der Waals surface area contributed by atoms with E-state index in [0.717, 1.165) is 43.0 Å². The van der Waals surface area contributed by atoms with Crippen molar-refractivity contribution in [2.45, 2.75) is 13.8 Å². The first kappa shape index (κ1) is 13.3. The van der Waals surface area contributed by atoms with Crippen molar-refractivity contribution in [3.05, 3.63) is 30.7 Å². The van der Waals surface area contributed by atoms with Gasteiger partial charge in [0.1, 0.15) is 6.33 Å². The van der Waals surface area contributed by atoms with Crippen LogP contribution in [0.1, 0.15) is 13.8 Å². The summed E-state index contributed by atoms with van der Waals surface area (Å²) < 4.78 is 0. The predicted molar refractivity (Wildman–Crippen MR) is 83.0 cm³/mol. The lowest BCUT2D eigenvalue weighted by Crippen LogP contribution is -2.47. The highest BCUT2D eigenvalue weighted by molar-refractivity contribution is 5.81. The molecule has 1 aromatic carbocycles. The fraction of sp³-hybridized carbons (Fsp3) is 0.500. The zero-order valence-electron chi connectivity index (χ0n) is 12.3. The Kier molecular flexibility index (Phi) is 3.83. The summed E-state index contributed by atoms with van der Waals surface area (Å²) >= 11 is 0. The zero-order chi connectivity index (χ0) is 13.9. The molecule has 1 aromatic heterocycles. The summed E-state index contributed by atoms with van der Waals surface area (Å²) in [6.07, 6.45) is 3.49. The second kappa shape index (κ2) is 5.75. The van der Waals surface area contributed by atoms with Crippen LogP contribution in [-0.4, -0.2) is 47.6 Å². The van der Waals surface area contributed by atoms with Crippen LogP contribution in [0.2, 0.25) is 0 Å². The molecule has 0 spiro atoms. The minimum absolute atomic E-state index is 0.749. The summed E-state index contributed by atoms with van der Waals surface area (Å²) in [4.78, 5) is 13.4. The Morgan fingerprint density at radius 1 is 1.15 bits per heavy atom. The molecule has 2 heterocycles. The Balaban J connectivity index is 1.70. The highest BCUT2D eigenvalue weighted by Crippen LogP contribution is 2.21. The molecular weight excluding hydrogens is 248 g/mol. The molecule has 0 bridgehead atoms. The van der Waals surface area contributed by atoms with Crippen molar-refractivity contribution in [2.75, 3.05) is 37.6 Å². The molecule has 1 fully saturated rings. The van der Waals surface area contributed by atoms with Crippen molar-refractivity contribution in [1.29, 1.82) is 0 Å². The van der Waals surface area contributed by atoms with E-state index in [1.807, 2.05) is 6.20 Å². The first-order valence-corrected chi connectivity index (χ1v) is 7.39. The van der Waals surface area contributed by atoms with Gasteiger partial charge in [-0.15, -0.1) is 0 Å². The van der Waals surface area contributed by atoms with Gasteiger partial charge in [0.2, 0.25) is 0 Å². The molecule has 1 aliphatic rings. The summed E-state index contributed by atoms with van der Waals surface area (Å²) in [7, 11) is 0. The van der Waals surface area contributed by atoms with Crippen molar-refractivity contribution < 1.29 is 0 Å². The van der Waals surface area contributed by atoms with Crippen LogP contribution in [0.4, 0.5) is 5.69 Å². The first-order chi connectivity index (χ1) is 9.72. The van der Waals surface area contributed by atoms with Crippen LogP contribution in [0, 0.1) is 5.92 Å². The second-order valence-electron chi connectivity index (χ2n) is 5.95. The highest BCUT2D eigenvalue weighted by Gasteiger charge is 2.17. The van der Waals surface area contributed by atoms with Crippen molar-refractivity contribution in [1.82, 2.24) is 14.9 Å². The van der Waals surface area contributed by atoms with Crippen LogP contribution in [0.15, 0.2) is 30.7 Å². The molecule has 106 valence electrons. The molecule has 0 N–H and O–H groups in total. The standard InChI is InChI=1S/C16H22N4/c1-13(2)11-19-5-7-20(8-6-19)15-3-4-16-14(9-15)10-17-12-18-16/h3-4,9-10,12-13H,5-8,11H2,1-2H3. The van der Waals surface area contributed by atoms with Gasteiger partial charge in [-0.05, 0) is 24.1 Å². The van der Waals surface area contributed by atoms with Gasteiger partial charge < -0.3 is 4.90 Å². The molecule has 4 nitrogen and oxygen atoms in total. The number of hydrogen-bond acceptors (Lipinski definition) is 4. The average molecular weight is 270 g/mol. The van der Waals surface area contributed by atoms with Gasteiger partial charge in [-0.3, -0.25) is 4.90 Å². The molecule has 1 aliphatic heterocycles. The fourth-order valence-corrected chi connectivity index (χ4v) is 2.87. The number of rotatable bonds is 3. The van der Waals surface area contributed by atoms with Gasteiger partial charge in [-0.2, -0.15) is 0 Å². The summed E-state index contributed by atoms with van der Waals surface area (Å²) in [6, 6.07) is 6.47. The third-order valence-electron chi connectivity index (χ3n) is 3.85. The van der Waals surface area contributed by atoms with E-state index in [1.54, 1.807) is 6.33 Å². The van der Waals surface area contributed by atoms with Crippen molar-refractivity contribution in [3.63, 3.8) is 0 Å². The number of hydrogen-bond donors (Lipinski definition) is 0. The lowest BCUT2D eigenvalue weighted by Gasteiger charge is -2.36. The van der Waals surface area contributed by atoms with Gasteiger partial charge >= 0.3 is 0 Å². The monoisotopic (exact) mass is 270 g/mol. The zero-order valence-corrected chi connectivity index (χ0v) is 12.3. The van der Waals surface area contributed by atoms with E-state index in [9.17, 15) is 0 Å². The molecule has 0 unspecified atom stereocenters. The molecule has 4 heteroatoms. The van der Waals surface area contributed by atoms with Gasteiger partial charge in [0, 0.05) is 50.0 Å². The molecule has 0 saturated carbocycles.